The lowest BCUT2D eigenvalue weighted by Gasteiger charge is -2.13. The van der Waals surface area contributed by atoms with Crippen molar-refractivity contribution in [1.82, 2.24) is 9.99 Å². The number of halogens is 2. The van der Waals surface area contributed by atoms with Gasteiger partial charge in [-0.15, -0.1) is 0 Å². The highest BCUT2D eigenvalue weighted by Crippen LogP contribution is 2.25. The monoisotopic (exact) mass is 596 g/mol. The molecule has 0 bridgehead atoms. The first-order valence-electron chi connectivity index (χ1n) is 10.8. The maximum atomic E-state index is 13.2. The van der Waals surface area contributed by atoms with Crippen LogP contribution in [0, 0.1) is 6.92 Å². The molecule has 0 fully saturated rings. The van der Waals surface area contributed by atoms with E-state index in [-0.39, 0.29) is 5.69 Å². The van der Waals surface area contributed by atoms with E-state index in [2.05, 4.69) is 47.9 Å². The third-order valence-electron chi connectivity index (χ3n) is 5.39. The Bertz CT molecular complexity index is 1420. The quantitative estimate of drug-likeness (QED) is 0.268. The second-order valence-corrected chi connectivity index (χ2v) is 9.75. The molecule has 0 unspecified atom stereocenters. The van der Waals surface area contributed by atoms with Crippen molar-refractivity contribution in [3.05, 3.63) is 98.6 Å². The Labute approximate surface area is 219 Å². The molecule has 1 heterocycles. The number of aromatic nitrogens is 1. The van der Waals surface area contributed by atoms with Gasteiger partial charge in [0.2, 0.25) is 0 Å². The molecule has 0 aliphatic heterocycles. The molecular formula is C26H22Br2N4O3. The fourth-order valence-electron chi connectivity index (χ4n) is 3.63. The highest BCUT2D eigenvalue weighted by Gasteiger charge is 2.21. The molecule has 4 aromatic rings. The van der Waals surface area contributed by atoms with Gasteiger partial charge in [0.15, 0.2) is 0 Å². The van der Waals surface area contributed by atoms with Gasteiger partial charge in [-0.2, -0.15) is 0 Å². The summed E-state index contributed by atoms with van der Waals surface area (Å²) in [6.45, 7) is 2.19. The number of hydrogen-bond donors (Lipinski definition) is 3. The minimum Gasteiger partial charge on any atom is -0.347 e. The summed E-state index contributed by atoms with van der Waals surface area (Å²) >= 11 is 6.84. The average molecular weight is 598 g/mol. The van der Waals surface area contributed by atoms with E-state index >= 15 is 0 Å². The second kappa shape index (κ2) is 10.9. The van der Waals surface area contributed by atoms with Gasteiger partial charge in [0, 0.05) is 26.6 Å². The van der Waals surface area contributed by atoms with Crippen LogP contribution in [-0.4, -0.2) is 28.9 Å². The van der Waals surface area contributed by atoms with Crippen LogP contribution in [-0.2, 0) is 16.0 Å². The number of carbonyl (C=O) groups excluding carboxylic acids is 3. The van der Waals surface area contributed by atoms with E-state index < -0.39 is 17.7 Å². The fraction of sp³-hybridized carbons (Fsp3) is 0.115. The predicted octanol–water partition coefficient (Wildman–Crippen LogP) is 5.16. The number of benzene rings is 3. The molecule has 3 amide bonds. The van der Waals surface area contributed by atoms with Crippen LogP contribution >= 0.6 is 31.9 Å². The maximum Gasteiger partial charge on any atom is 0.328 e. The zero-order valence-corrected chi connectivity index (χ0v) is 21.9. The summed E-state index contributed by atoms with van der Waals surface area (Å²) in [5, 5.41) is 6.23. The van der Waals surface area contributed by atoms with Crippen molar-refractivity contribution in [1.29, 1.82) is 0 Å². The standard InChI is InChI=1S/C26H22Br2N4O3/c1-16-13-19(27)7-9-21(16)30-24(33)23-15-18-14-20(28)8-10-22(18)32(23)31-26(35)25(34)29-12-11-17-5-3-2-4-6-17/h2-10,13-15H,11-12H2,1H3,(H,29,34)(H,30,33)(H,31,35). The number of anilines is 1. The number of aryl methyl sites for hydroxylation is 1. The Balaban J connectivity index is 1.53. The van der Waals surface area contributed by atoms with Gasteiger partial charge in [-0.05, 0) is 66.9 Å². The molecule has 3 N–H and O–H groups in total. The summed E-state index contributed by atoms with van der Waals surface area (Å²) in [5.74, 6) is -2.07. The minimum absolute atomic E-state index is 0.186. The molecule has 35 heavy (non-hydrogen) atoms. The van der Waals surface area contributed by atoms with Crippen LogP contribution in [0.25, 0.3) is 10.9 Å². The van der Waals surface area contributed by atoms with Gasteiger partial charge in [0.1, 0.15) is 5.69 Å². The Kier molecular flexibility index (Phi) is 7.67. The van der Waals surface area contributed by atoms with Crippen LogP contribution < -0.4 is 16.1 Å². The van der Waals surface area contributed by atoms with E-state index in [4.69, 9.17) is 0 Å². The van der Waals surface area contributed by atoms with E-state index in [1.54, 1.807) is 24.3 Å². The molecule has 3 aromatic carbocycles. The zero-order chi connectivity index (χ0) is 24.9. The van der Waals surface area contributed by atoms with Gasteiger partial charge in [-0.25, -0.2) is 4.68 Å². The predicted molar refractivity (Wildman–Crippen MR) is 144 cm³/mol. The molecule has 0 atom stereocenters. The molecule has 9 heteroatoms. The van der Waals surface area contributed by atoms with E-state index in [0.29, 0.717) is 24.2 Å². The number of nitrogens with one attached hydrogen (secondary N) is 3. The van der Waals surface area contributed by atoms with E-state index in [9.17, 15) is 14.4 Å². The Morgan fingerprint density at radius 3 is 2.31 bits per heavy atom. The molecule has 0 spiro atoms. The smallest absolute Gasteiger partial charge is 0.328 e. The summed E-state index contributed by atoms with van der Waals surface area (Å²) in [5.41, 5.74) is 5.91. The highest BCUT2D eigenvalue weighted by atomic mass is 79.9. The van der Waals surface area contributed by atoms with Crippen molar-refractivity contribution >= 4 is 66.2 Å². The van der Waals surface area contributed by atoms with Crippen molar-refractivity contribution < 1.29 is 14.4 Å². The first kappa shape index (κ1) is 24.7. The molecule has 0 aliphatic carbocycles. The summed E-state index contributed by atoms with van der Waals surface area (Å²) in [6, 6.07) is 22.2. The third kappa shape index (κ3) is 5.98. The lowest BCUT2D eigenvalue weighted by Crippen LogP contribution is -2.40. The number of hydrogen-bond acceptors (Lipinski definition) is 3. The summed E-state index contributed by atoms with van der Waals surface area (Å²) in [7, 11) is 0. The largest absolute Gasteiger partial charge is 0.347 e. The SMILES string of the molecule is Cc1cc(Br)ccc1NC(=O)c1cc2cc(Br)ccc2n1NC(=O)C(=O)NCCc1ccccc1. The Hall–Kier alpha value is -3.43. The number of rotatable bonds is 6. The molecule has 0 aliphatic rings. The van der Waals surface area contributed by atoms with E-state index in [1.807, 2.05) is 55.5 Å². The highest BCUT2D eigenvalue weighted by molar-refractivity contribution is 9.10. The number of amides is 3. The van der Waals surface area contributed by atoms with Gasteiger partial charge >= 0.3 is 11.8 Å². The summed E-state index contributed by atoms with van der Waals surface area (Å²) in [4.78, 5) is 38.3. The zero-order valence-electron chi connectivity index (χ0n) is 18.8. The lowest BCUT2D eigenvalue weighted by molar-refractivity contribution is -0.136. The van der Waals surface area contributed by atoms with E-state index in [1.165, 1.54) is 4.68 Å². The molecule has 0 saturated carbocycles. The van der Waals surface area contributed by atoms with Crippen LogP contribution in [0.4, 0.5) is 5.69 Å². The first-order chi connectivity index (χ1) is 16.8. The van der Waals surface area contributed by atoms with Crippen molar-refractivity contribution in [3.63, 3.8) is 0 Å². The van der Waals surface area contributed by atoms with Gasteiger partial charge in [-0.1, -0.05) is 62.2 Å². The topological polar surface area (TPSA) is 92.2 Å². The number of nitrogens with zero attached hydrogens (tertiary/aromatic N) is 1. The third-order valence-corrected chi connectivity index (χ3v) is 6.38. The molecule has 178 valence electrons. The summed E-state index contributed by atoms with van der Waals surface area (Å²) in [6.07, 6.45) is 0.598. The lowest BCUT2D eigenvalue weighted by atomic mass is 10.1. The average Bonchev–Trinajstić information content (AvgIpc) is 3.18. The molecule has 0 radical (unpaired) electrons. The molecule has 7 nitrogen and oxygen atoms in total. The van der Waals surface area contributed by atoms with Crippen LogP contribution in [0.15, 0.2) is 81.7 Å². The van der Waals surface area contributed by atoms with Crippen LogP contribution in [0.1, 0.15) is 21.6 Å². The van der Waals surface area contributed by atoms with Crippen LogP contribution in [0.3, 0.4) is 0 Å². The van der Waals surface area contributed by atoms with Gasteiger partial charge in [0.25, 0.3) is 5.91 Å². The van der Waals surface area contributed by atoms with Gasteiger partial charge < -0.3 is 10.6 Å². The minimum atomic E-state index is -0.868. The van der Waals surface area contributed by atoms with Crippen LogP contribution in [0.5, 0.6) is 0 Å². The summed E-state index contributed by atoms with van der Waals surface area (Å²) < 4.78 is 3.06. The molecule has 4 rings (SSSR count). The molecular weight excluding hydrogens is 576 g/mol. The fourth-order valence-corrected chi connectivity index (χ4v) is 4.48. The number of fused-ring (bicyclic) bond motifs is 1. The maximum absolute atomic E-state index is 13.2. The Morgan fingerprint density at radius 2 is 1.57 bits per heavy atom. The van der Waals surface area contributed by atoms with Crippen molar-refractivity contribution in [2.75, 3.05) is 17.3 Å². The van der Waals surface area contributed by atoms with Crippen molar-refractivity contribution in [3.8, 4) is 0 Å². The first-order valence-corrected chi connectivity index (χ1v) is 12.4. The normalized spacial score (nSPS) is 10.7. The number of carbonyl (C=O) groups is 3. The van der Waals surface area contributed by atoms with Gasteiger partial charge in [-0.3, -0.25) is 19.8 Å². The van der Waals surface area contributed by atoms with Crippen LogP contribution in [0.2, 0.25) is 0 Å². The van der Waals surface area contributed by atoms with Gasteiger partial charge in [0.05, 0.1) is 5.52 Å². The Morgan fingerprint density at radius 1 is 0.857 bits per heavy atom. The van der Waals surface area contributed by atoms with E-state index in [0.717, 1.165) is 25.5 Å². The van der Waals surface area contributed by atoms with Crippen molar-refractivity contribution in [2.24, 2.45) is 0 Å². The van der Waals surface area contributed by atoms with Crippen molar-refractivity contribution in [2.45, 2.75) is 13.3 Å². The second-order valence-electron chi connectivity index (χ2n) is 7.91. The molecule has 0 saturated heterocycles. The molecule has 1 aromatic heterocycles.